The lowest BCUT2D eigenvalue weighted by molar-refractivity contribution is -0.138. The highest BCUT2D eigenvalue weighted by molar-refractivity contribution is 8.01. The standard InChI is InChI=1S/C36H54N4O4S2/c1-3-35(41)43-25-9-5-7-11-31-37-39-33(45-31)23-17-27-13-19-29(20-14-27)30-21-15-28(16-22-30)18-24-34-40-38-32(46-34)12-8-6-10-26-44-36(42)4-2/h3-4,27-34,37-40H,1-2,5-16,19-22,25-26H2. The van der Waals surface area contributed by atoms with Gasteiger partial charge in [0, 0.05) is 24.0 Å². The molecule has 0 spiro atoms. The van der Waals surface area contributed by atoms with Crippen LogP contribution in [0.1, 0.15) is 103 Å². The minimum atomic E-state index is -0.340. The number of esters is 2. The summed E-state index contributed by atoms with van der Waals surface area (Å²) in [5.41, 5.74) is 13.5. The van der Waals surface area contributed by atoms with E-state index in [0.717, 1.165) is 63.2 Å². The van der Waals surface area contributed by atoms with E-state index in [4.69, 9.17) is 9.47 Å². The van der Waals surface area contributed by atoms with Crippen molar-refractivity contribution in [2.75, 3.05) is 13.2 Å². The van der Waals surface area contributed by atoms with Crippen LogP contribution < -0.4 is 21.7 Å². The normalized spacial score (nSPS) is 30.7. The molecule has 8 nitrogen and oxygen atoms in total. The molecule has 2 aliphatic heterocycles. The molecule has 0 aromatic rings. The lowest BCUT2D eigenvalue weighted by atomic mass is 9.69. The molecule has 2 saturated carbocycles. The number of ether oxygens (including phenoxy) is 2. The van der Waals surface area contributed by atoms with Crippen LogP contribution in [-0.2, 0) is 19.1 Å². The predicted octanol–water partition coefficient (Wildman–Crippen LogP) is 6.17. The molecule has 254 valence electrons. The van der Waals surface area contributed by atoms with Crippen LogP contribution in [0, 0.1) is 47.4 Å². The quantitative estimate of drug-likeness (QED) is 0.0701. The number of unbranched alkanes of at least 4 members (excludes halogenated alkanes) is 4. The molecule has 0 bridgehead atoms. The zero-order valence-corrected chi connectivity index (χ0v) is 29.0. The topological polar surface area (TPSA) is 101 Å². The largest absolute Gasteiger partial charge is 0.463 e. The van der Waals surface area contributed by atoms with Crippen LogP contribution in [0.15, 0.2) is 25.3 Å². The van der Waals surface area contributed by atoms with Crippen LogP contribution in [0.5, 0.6) is 0 Å². The van der Waals surface area contributed by atoms with Gasteiger partial charge in [-0.05, 0) is 102 Å². The van der Waals surface area contributed by atoms with Gasteiger partial charge in [0.15, 0.2) is 0 Å². The van der Waals surface area contributed by atoms with E-state index in [9.17, 15) is 9.59 Å². The molecular formula is C36H54N4O4S2. The molecule has 2 aliphatic carbocycles. The van der Waals surface area contributed by atoms with Crippen molar-refractivity contribution in [2.24, 2.45) is 23.7 Å². The number of hydrazine groups is 2. The number of hydrogen-bond acceptors (Lipinski definition) is 10. The van der Waals surface area contributed by atoms with Gasteiger partial charge < -0.3 is 9.47 Å². The van der Waals surface area contributed by atoms with Crippen LogP contribution in [-0.4, -0.2) is 46.6 Å². The number of nitrogens with one attached hydrogen (secondary N) is 4. The van der Waals surface area contributed by atoms with Crippen molar-refractivity contribution in [3.63, 3.8) is 0 Å². The maximum atomic E-state index is 11.1. The van der Waals surface area contributed by atoms with Gasteiger partial charge in [0.05, 0.1) is 24.0 Å². The molecule has 0 aromatic heterocycles. The van der Waals surface area contributed by atoms with Gasteiger partial charge >= 0.3 is 11.9 Å². The fourth-order valence-electron chi connectivity index (χ4n) is 6.76. The van der Waals surface area contributed by atoms with E-state index in [2.05, 4.69) is 58.5 Å². The molecule has 0 radical (unpaired) electrons. The molecule has 2 saturated heterocycles. The van der Waals surface area contributed by atoms with Crippen molar-refractivity contribution < 1.29 is 19.1 Å². The van der Waals surface area contributed by atoms with Gasteiger partial charge in [0.1, 0.15) is 10.7 Å². The summed E-state index contributed by atoms with van der Waals surface area (Å²) < 4.78 is 10.1. The first kappa shape index (κ1) is 36.9. The Morgan fingerprint density at radius 1 is 0.587 bits per heavy atom. The van der Waals surface area contributed by atoms with Gasteiger partial charge in [-0.1, -0.05) is 49.7 Å². The summed E-state index contributed by atoms with van der Waals surface area (Å²) in [4.78, 5) is 22.2. The number of carbonyl (C=O) groups excluding carboxylic acids is 2. The summed E-state index contributed by atoms with van der Waals surface area (Å²) in [5.74, 6) is 16.3. The highest BCUT2D eigenvalue weighted by atomic mass is 32.2. The van der Waals surface area contributed by atoms with Crippen molar-refractivity contribution in [3.05, 3.63) is 25.3 Å². The van der Waals surface area contributed by atoms with Crippen LogP contribution >= 0.6 is 23.5 Å². The van der Waals surface area contributed by atoms with E-state index in [1.165, 1.54) is 63.5 Å². The first-order chi connectivity index (χ1) is 22.5. The molecule has 4 atom stereocenters. The summed E-state index contributed by atoms with van der Waals surface area (Å²) in [7, 11) is 0. The number of carbonyl (C=O) groups is 2. The summed E-state index contributed by atoms with van der Waals surface area (Å²) in [6.45, 7) is 7.78. The van der Waals surface area contributed by atoms with Crippen molar-refractivity contribution in [1.82, 2.24) is 21.7 Å². The minimum absolute atomic E-state index is 0.166. The van der Waals surface area contributed by atoms with E-state index < -0.39 is 0 Å². The van der Waals surface area contributed by atoms with Crippen LogP contribution in [0.3, 0.4) is 0 Å². The third-order valence-corrected chi connectivity index (χ3v) is 11.8. The van der Waals surface area contributed by atoms with E-state index in [0.29, 0.717) is 35.8 Å². The van der Waals surface area contributed by atoms with Crippen molar-refractivity contribution in [3.8, 4) is 23.7 Å². The summed E-state index contributed by atoms with van der Waals surface area (Å²) in [5, 5.41) is 1.10. The maximum Gasteiger partial charge on any atom is 0.330 e. The Hall–Kier alpha value is -1.92. The third kappa shape index (κ3) is 13.7. The lowest BCUT2D eigenvalue weighted by Crippen LogP contribution is -2.33. The van der Waals surface area contributed by atoms with Crippen LogP contribution in [0.2, 0.25) is 0 Å². The van der Waals surface area contributed by atoms with Gasteiger partial charge in [-0.2, -0.15) is 0 Å². The number of rotatable bonds is 15. The Morgan fingerprint density at radius 2 is 1.00 bits per heavy atom. The second-order valence-corrected chi connectivity index (χ2v) is 15.5. The molecule has 4 fully saturated rings. The summed E-state index contributed by atoms with van der Waals surface area (Å²) in [6.07, 6.45) is 20.9. The predicted molar refractivity (Wildman–Crippen MR) is 189 cm³/mol. The Morgan fingerprint density at radius 3 is 1.39 bits per heavy atom. The molecule has 0 amide bonds. The Labute approximate surface area is 285 Å². The Bertz CT molecular complexity index is 1010. The first-order valence-electron chi connectivity index (χ1n) is 17.5. The maximum absolute atomic E-state index is 11.1. The second-order valence-electron chi connectivity index (χ2n) is 12.8. The van der Waals surface area contributed by atoms with Gasteiger partial charge in [-0.25, -0.2) is 31.3 Å². The molecule has 4 rings (SSSR count). The molecule has 46 heavy (non-hydrogen) atoms. The molecule has 0 aromatic carbocycles. The Kier molecular flexibility index (Phi) is 17.0. The molecule has 4 aliphatic rings. The Balaban J connectivity index is 1.02. The van der Waals surface area contributed by atoms with E-state index >= 15 is 0 Å². The van der Waals surface area contributed by atoms with Crippen LogP contribution in [0.4, 0.5) is 0 Å². The van der Waals surface area contributed by atoms with Crippen molar-refractivity contribution >= 4 is 35.5 Å². The average molecular weight is 671 g/mol. The van der Waals surface area contributed by atoms with Gasteiger partial charge in [-0.15, -0.1) is 23.5 Å². The summed E-state index contributed by atoms with van der Waals surface area (Å²) >= 11 is 3.77. The smallest absolute Gasteiger partial charge is 0.330 e. The van der Waals surface area contributed by atoms with Crippen LogP contribution in [0.25, 0.3) is 0 Å². The average Bonchev–Trinajstić information content (AvgIpc) is 3.75. The fourth-order valence-corrected chi connectivity index (χ4v) is 8.84. The third-order valence-electron chi connectivity index (χ3n) is 9.44. The van der Waals surface area contributed by atoms with Crippen molar-refractivity contribution in [1.29, 1.82) is 0 Å². The highest BCUT2D eigenvalue weighted by Gasteiger charge is 2.31. The minimum Gasteiger partial charge on any atom is -0.463 e. The summed E-state index contributed by atoms with van der Waals surface area (Å²) in [6, 6.07) is 0. The van der Waals surface area contributed by atoms with E-state index in [1.54, 1.807) is 0 Å². The van der Waals surface area contributed by atoms with E-state index in [1.807, 2.05) is 23.5 Å². The fraction of sp³-hybridized carbons (Fsp3) is 0.722. The zero-order chi connectivity index (χ0) is 32.4. The number of thioether (sulfide) groups is 2. The van der Waals surface area contributed by atoms with Gasteiger partial charge in [0.2, 0.25) is 0 Å². The highest BCUT2D eigenvalue weighted by Crippen LogP contribution is 2.41. The first-order valence-corrected chi connectivity index (χ1v) is 19.3. The number of hydrogen-bond donors (Lipinski definition) is 4. The van der Waals surface area contributed by atoms with Crippen molar-refractivity contribution in [2.45, 2.75) is 124 Å². The molecule has 4 unspecified atom stereocenters. The van der Waals surface area contributed by atoms with E-state index in [-0.39, 0.29) is 22.7 Å². The zero-order valence-electron chi connectivity index (χ0n) is 27.4. The molecule has 2 heterocycles. The lowest BCUT2D eigenvalue weighted by Gasteiger charge is -2.36. The second kappa shape index (κ2) is 21.1. The molecule has 4 N–H and O–H groups in total. The SMILES string of the molecule is C=CC(=O)OCCCCCC1NNC(C#CC2CCC(C3CCC(C#CC4NNC(CCCCCOC(=O)C=C)S4)CC3)CC2)S1. The molecular weight excluding hydrogens is 617 g/mol. The monoisotopic (exact) mass is 670 g/mol. The molecule has 10 heteroatoms. The van der Waals surface area contributed by atoms with Gasteiger partial charge in [0.25, 0.3) is 0 Å². The van der Waals surface area contributed by atoms with Gasteiger partial charge in [-0.3, -0.25) is 0 Å².